The van der Waals surface area contributed by atoms with Crippen molar-refractivity contribution < 1.29 is 4.79 Å². The zero-order valence-electron chi connectivity index (χ0n) is 9.15. The molecule has 0 aromatic heterocycles. The number of benzene rings is 1. The van der Waals surface area contributed by atoms with Crippen LogP contribution < -0.4 is 4.90 Å². The van der Waals surface area contributed by atoms with Crippen molar-refractivity contribution in [1.82, 2.24) is 0 Å². The second kappa shape index (κ2) is 5.11. The molecular weight excluding hydrogens is 242 g/mol. The summed E-state index contributed by atoms with van der Waals surface area (Å²) in [5, 5.41) is 0. The quantitative estimate of drug-likeness (QED) is 0.774. The fourth-order valence-corrected chi connectivity index (χ4v) is 2.75. The molecule has 1 amide bonds. The molecule has 1 aromatic rings. The molecule has 0 N–H and O–H groups in total. The van der Waals surface area contributed by atoms with Crippen molar-refractivity contribution in [3.63, 3.8) is 0 Å². The van der Waals surface area contributed by atoms with Crippen LogP contribution in [0.15, 0.2) is 29.2 Å². The standard InChI is InChI=1S/C12H14ClNOS/c1-9(6-13)7-14-10-4-2-3-5-11(10)16-8-12(14)15/h2-5,9H,6-8H2,1H3. The molecule has 2 rings (SSSR count). The van der Waals surface area contributed by atoms with E-state index in [4.69, 9.17) is 11.6 Å². The molecule has 1 aliphatic heterocycles. The summed E-state index contributed by atoms with van der Waals surface area (Å²) in [5.74, 6) is 1.62. The normalized spacial score (nSPS) is 17.1. The zero-order valence-corrected chi connectivity index (χ0v) is 10.7. The Morgan fingerprint density at radius 1 is 1.50 bits per heavy atom. The minimum Gasteiger partial charge on any atom is -0.310 e. The Morgan fingerprint density at radius 2 is 2.25 bits per heavy atom. The number of anilines is 1. The number of carbonyl (C=O) groups is 1. The number of hydrogen-bond donors (Lipinski definition) is 0. The summed E-state index contributed by atoms with van der Waals surface area (Å²) in [6.45, 7) is 2.77. The average Bonchev–Trinajstić information content (AvgIpc) is 2.32. The van der Waals surface area contributed by atoms with E-state index in [0.29, 0.717) is 24.1 Å². The van der Waals surface area contributed by atoms with Crippen LogP contribution in [0.3, 0.4) is 0 Å². The maximum absolute atomic E-state index is 11.9. The van der Waals surface area contributed by atoms with E-state index in [1.165, 1.54) is 4.90 Å². The Morgan fingerprint density at radius 3 is 3.00 bits per heavy atom. The van der Waals surface area contributed by atoms with Gasteiger partial charge < -0.3 is 4.90 Å². The molecule has 0 radical (unpaired) electrons. The van der Waals surface area contributed by atoms with Crippen LogP contribution in [0.1, 0.15) is 6.92 Å². The highest BCUT2D eigenvalue weighted by atomic mass is 35.5. The second-order valence-electron chi connectivity index (χ2n) is 4.02. The van der Waals surface area contributed by atoms with E-state index in [-0.39, 0.29) is 5.91 Å². The number of fused-ring (bicyclic) bond motifs is 1. The fourth-order valence-electron chi connectivity index (χ4n) is 1.71. The smallest absolute Gasteiger partial charge is 0.237 e. The van der Waals surface area contributed by atoms with Gasteiger partial charge in [0.05, 0.1) is 11.4 Å². The van der Waals surface area contributed by atoms with E-state index < -0.39 is 0 Å². The molecule has 16 heavy (non-hydrogen) atoms. The molecule has 1 atom stereocenters. The van der Waals surface area contributed by atoms with Gasteiger partial charge in [-0.15, -0.1) is 23.4 Å². The lowest BCUT2D eigenvalue weighted by Crippen LogP contribution is -2.38. The third kappa shape index (κ3) is 2.36. The lowest BCUT2D eigenvalue weighted by molar-refractivity contribution is -0.116. The Kier molecular flexibility index (Phi) is 3.77. The molecule has 0 fully saturated rings. The predicted octanol–water partition coefficient (Wildman–Crippen LogP) is 3.00. The molecule has 0 bridgehead atoms. The zero-order chi connectivity index (χ0) is 11.5. The second-order valence-corrected chi connectivity index (χ2v) is 5.35. The first-order valence-electron chi connectivity index (χ1n) is 5.30. The number of thioether (sulfide) groups is 1. The van der Waals surface area contributed by atoms with Gasteiger partial charge in [0.2, 0.25) is 5.91 Å². The average molecular weight is 256 g/mol. The molecule has 4 heteroatoms. The fraction of sp³-hybridized carbons (Fsp3) is 0.417. The number of carbonyl (C=O) groups excluding carboxylic acids is 1. The first-order chi connectivity index (χ1) is 7.72. The minimum atomic E-state index is 0.181. The van der Waals surface area contributed by atoms with Gasteiger partial charge in [-0.1, -0.05) is 19.1 Å². The maximum atomic E-state index is 11.9. The van der Waals surface area contributed by atoms with E-state index >= 15 is 0 Å². The van der Waals surface area contributed by atoms with Gasteiger partial charge in [-0.2, -0.15) is 0 Å². The van der Waals surface area contributed by atoms with E-state index in [9.17, 15) is 4.79 Å². The lowest BCUT2D eigenvalue weighted by Gasteiger charge is -2.30. The number of para-hydroxylation sites is 1. The summed E-state index contributed by atoms with van der Waals surface area (Å²) in [7, 11) is 0. The van der Waals surface area contributed by atoms with E-state index in [1.807, 2.05) is 23.1 Å². The summed E-state index contributed by atoms with van der Waals surface area (Å²) < 4.78 is 0. The van der Waals surface area contributed by atoms with Crippen molar-refractivity contribution >= 4 is 35.0 Å². The Hall–Kier alpha value is -0.670. The molecule has 0 aliphatic carbocycles. The largest absolute Gasteiger partial charge is 0.310 e. The Bertz CT molecular complexity index is 396. The van der Waals surface area contributed by atoms with Crippen molar-refractivity contribution in [2.75, 3.05) is 23.1 Å². The van der Waals surface area contributed by atoms with Crippen LogP contribution in [-0.2, 0) is 4.79 Å². The Balaban J connectivity index is 2.26. The summed E-state index contributed by atoms with van der Waals surface area (Å²) in [6, 6.07) is 8.03. The molecular formula is C12H14ClNOS. The number of alkyl halides is 1. The van der Waals surface area contributed by atoms with E-state index in [2.05, 4.69) is 13.0 Å². The topological polar surface area (TPSA) is 20.3 Å². The summed E-state index contributed by atoms with van der Waals surface area (Å²) >= 11 is 7.41. The number of halogens is 1. The predicted molar refractivity (Wildman–Crippen MR) is 69.4 cm³/mol. The SMILES string of the molecule is CC(CCl)CN1C(=O)CSc2ccccc21. The highest BCUT2D eigenvalue weighted by Gasteiger charge is 2.25. The highest BCUT2D eigenvalue weighted by molar-refractivity contribution is 8.00. The van der Waals surface area contributed by atoms with Crippen LogP contribution in [-0.4, -0.2) is 24.1 Å². The van der Waals surface area contributed by atoms with Crippen LogP contribution in [0, 0.1) is 5.92 Å². The van der Waals surface area contributed by atoms with Gasteiger partial charge in [0.25, 0.3) is 0 Å². The molecule has 2 nitrogen and oxygen atoms in total. The van der Waals surface area contributed by atoms with Crippen molar-refractivity contribution in [2.24, 2.45) is 5.92 Å². The van der Waals surface area contributed by atoms with Crippen molar-refractivity contribution in [3.05, 3.63) is 24.3 Å². The molecule has 0 saturated carbocycles. The van der Waals surface area contributed by atoms with Gasteiger partial charge in [0.1, 0.15) is 0 Å². The van der Waals surface area contributed by atoms with Crippen LogP contribution in [0.2, 0.25) is 0 Å². The van der Waals surface area contributed by atoms with E-state index in [1.54, 1.807) is 11.8 Å². The van der Waals surface area contributed by atoms with Gasteiger partial charge in [-0.25, -0.2) is 0 Å². The third-order valence-electron chi connectivity index (χ3n) is 2.57. The summed E-state index contributed by atoms with van der Waals surface area (Å²) in [4.78, 5) is 14.9. The number of nitrogens with zero attached hydrogens (tertiary/aromatic N) is 1. The molecule has 1 unspecified atom stereocenters. The first-order valence-corrected chi connectivity index (χ1v) is 6.82. The van der Waals surface area contributed by atoms with Crippen molar-refractivity contribution in [3.8, 4) is 0 Å². The van der Waals surface area contributed by atoms with Crippen LogP contribution >= 0.6 is 23.4 Å². The van der Waals surface area contributed by atoms with Gasteiger partial charge in [-0.3, -0.25) is 4.79 Å². The molecule has 1 heterocycles. The molecule has 86 valence electrons. The van der Waals surface area contributed by atoms with Gasteiger partial charge >= 0.3 is 0 Å². The molecule has 0 saturated heterocycles. The number of amides is 1. The van der Waals surface area contributed by atoms with Gasteiger partial charge in [0, 0.05) is 17.3 Å². The number of rotatable bonds is 3. The molecule has 0 spiro atoms. The lowest BCUT2D eigenvalue weighted by atomic mass is 10.2. The third-order valence-corrected chi connectivity index (χ3v) is 4.14. The highest BCUT2D eigenvalue weighted by Crippen LogP contribution is 2.35. The summed E-state index contributed by atoms with van der Waals surface area (Å²) in [5.41, 5.74) is 1.03. The number of hydrogen-bond acceptors (Lipinski definition) is 2. The van der Waals surface area contributed by atoms with Crippen LogP contribution in [0.25, 0.3) is 0 Å². The van der Waals surface area contributed by atoms with Crippen molar-refractivity contribution in [2.45, 2.75) is 11.8 Å². The molecule has 1 aromatic carbocycles. The van der Waals surface area contributed by atoms with E-state index in [0.717, 1.165) is 5.69 Å². The van der Waals surface area contributed by atoms with Gasteiger partial charge in [0.15, 0.2) is 0 Å². The van der Waals surface area contributed by atoms with Gasteiger partial charge in [-0.05, 0) is 18.1 Å². The minimum absolute atomic E-state index is 0.181. The van der Waals surface area contributed by atoms with Crippen LogP contribution in [0.4, 0.5) is 5.69 Å². The van der Waals surface area contributed by atoms with Crippen molar-refractivity contribution in [1.29, 1.82) is 0 Å². The Labute approximate surface area is 105 Å². The monoisotopic (exact) mass is 255 g/mol. The first kappa shape index (κ1) is 11.8. The van der Waals surface area contributed by atoms with Crippen LogP contribution in [0.5, 0.6) is 0 Å². The molecule has 1 aliphatic rings. The maximum Gasteiger partial charge on any atom is 0.237 e. The summed E-state index contributed by atoms with van der Waals surface area (Å²) in [6.07, 6.45) is 0.